The normalized spacial score (nSPS) is 20.5. The molecule has 172 valence electrons. The number of cyclic esters (lactones) is 1. The zero-order valence-corrected chi connectivity index (χ0v) is 19.8. The van der Waals surface area contributed by atoms with Crippen LogP contribution in [0.25, 0.3) is 0 Å². The van der Waals surface area contributed by atoms with Crippen molar-refractivity contribution in [3.8, 4) is 11.5 Å². The highest BCUT2D eigenvalue weighted by Crippen LogP contribution is 2.34. The third kappa shape index (κ3) is 5.99. The Kier molecular flexibility index (Phi) is 8.48. The highest BCUT2D eigenvalue weighted by Gasteiger charge is 2.23. The minimum absolute atomic E-state index is 0.0457. The molecule has 0 radical (unpaired) electrons. The van der Waals surface area contributed by atoms with E-state index >= 15 is 0 Å². The summed E-state index contributed by atoms with van der Waals surface area (Å²) in [5.74, 6) is 1.22. The van der Waals surface area contributed by atoms with Gasteiger partial charge in [-0.3, -0.25) is 0 Å². The summed E-state index contributed by atoms with van der Waals surface area (Å²) in [5, 5.41) is 0. The van der Waals surface area contributed by atoms with Gasteiger partial charge in [0.15, 0.2) is 0 Å². The Morgan fingerprint density at radius 1 is 1.09 bits per heavy atom. The molecule has 0 amide bonds. The molecule has 1 aliphatic heterocycles. The van der Waals surface area contributed by atoms with Crippen molar-refractivity contribution in [3.63, 3.8) is 0 Å². The molecule has 32 heavy (non-hydrogen) atoms. The molecule has 5 heteroatoms. The smallest absolute Gasteiger partial charge is 0.342 e. The van der Waals surface area contributed by atoms with Crippen molar-refractivity contribution in [3.05, 3.63) is 70.3 Å². The topological polar surface area (TPSA) is 54.0 Å². The van der Waals surface area contributed by atoms with Gasteiger partial charge in [-0.1, -0.05) is 48.9 Å². The summed E-state index contributed by atoms with van der Waals surface area (Å²) < 4.78 is 22.9. The summed E-state index contributed by atoms with van der Waals surface area (Å²) in [4.78, 5) is 13.2. The van der Waals surface area contributed by atoms with Gasteiger partial charge in [0.05, 0.1) is 12.7 Å². The lowest BCUT2D eigenvalue weighted by Gasteiger charge is -2.24. The first kappa shape index (κ1) is 24.0. The molecular formula is C27H34O5. The Labute approximate surface area is 191 Å². The van der Waals surface area contributed by atoms with Crippen LogP contribution in [0.1, 0.15) is 52.4 Å². The molecule has 0 spiro atoms. The third-order valence-corrected chi connectivity index (χ3v) is 5.82. The number of methoxy groups -OCH3 is 1. The lowest BCUT2D eigenvalue weighted by atomic mass is 9.96. The van der Waals surface area contributed by atoms with Crippen molar-refractivity contribution < 1.29 is 23.7 Å². The van der Waals surface area contributed by atoms with Gasteiger partial charge in [0.25, 0.3) is 0 Å². The number of hydrogen-bond donors (Lipinski definition) is 0. The second kappa shape index (κ2) is 11.3. The van der Waals surface area contributed by atoms with E-state index in [1.54, 1.807) is 7.11 Å². The number of aryl methyl sites for hydroxylation is 3. The fraction of sp³-hybridized carbons (Fsp3) is 0.444. The lowest BCUT2D eigenvalue weighted by molar-refractivity contribution is -0.0950. The largest absolute Gasteiger partial charge is 0.462 e. The van der Waals surface area contributed by atoms with E-state index in [1.807, 2.05) is 32.0 Å². The lowest BCUT2D eigenvalue weighted by Crippen LogP contribution is -2.25. The zero-order valence-electron chi connectivity index (χ0n) is 19.8. The van der Waals surface area contributed by atoms with E-state index in [1.165, 1.54) is 5.56 Å². The SMILES string of the molecule is COCOC1CCOC(=O)c2c(cccc2Oc2c(C)cc(C)cc2C)C/C=C/CC1C. The number of fused-ring (bicyclic) bond motifs is 1. The number of hydrogen-bond acceptors (Lipinski definition) is 5. The highest BCUT2D eigenvalue weighted by molar-refractivity contribution is 5.94. The Morgan fingerprint density at radius 2 is 1.84 bits per heavy atom. The van der Waals surface area contributed by atoms with E-state index in [2.05, 4.69) is 38.1 Å². The highest BCUT2D eigenvalue weighted by atomic mass is 16.7. The molecule has 1 heterocycles. The van der Waals surface area contributed by atoms with E-state index in [4.69, 9.17) is 18.9 Å². The van der Waals surface area contributed by atoms with Crippen LogP contribution in [0.4, 0.5) is 0 Å². The molecule has 0 saturated carbocycles. The van der Waals surface area contributed by atoms with Gasteiger partial charge in [-0.05, 0) is 62.3 Å². The van der Waals surface area contributed by atoms with Gasteiger partial charge in [-0.2, -0.15) is 0 Å². The fourth-order valence-corrected chi connectivity index (χ4v) is 4.20. The second-order valence-corrected chi connectivity index (χ2v) is 8.54. The van der Waals surface area contributed by atoms with E-state index in [-0.39, 0.29) is 25.5 Å². The van der Waals surface area contributed by atoms with E-state index in [0.29, 0.717) is 30.1 Å². The Morgan fingerprint density at radius 3 is 2.56 bits per heavy atom. The van der Waals surface area contributed by atoms with Gasteiger partial charge in [-0.25, -0.2) is 4.79 Å². The van der Waals surface area contributed by atoms with Crippen LogP contribution in [0.5, 0.6) is 11.5 Å². The number of allylic oxidation sites excluding steroid dienone is 2. The monoisotopic (exact) mass is 438 g/mol. The Bertz CT molecular complexity index is 940. The second-order valence-electron chi connectivity index (χ2n) is 8.54. The summed E-state index contributed by atoms with van der Waals surface area (Å²) >= 11 is 0. The minimum Gasteiger partial charge on any atom is -0.462 e. The van der Waals surface area contributed by atoms with Crippen molar-refractivity contribution in [2.45, 2.75) is 53.1 Å². The number of ether oxygens (including phenoxy) is 4. The van der Waals surface area contributed by atoms with Gasteiger partial charge in [0.1, 0.15) is 23.9 Å². The molecule has 0 aliphatic carbocycles. The predicted octanol–water partition coefficient (Wildman–Crippen LogP) is 6.08. The molecule has 2 unspecified atom stereocenters. The molecule has 0 aromatic heterocycles. The van der Waals surface area contributed by atoms with Crippen molar-refractivity contribution in [1.29, 1.82) is 0 Å². The molecule has 0 fully saturated rings. The summed E-state index contributed by atoms with van der Waals surface area (Å²) in [6.07, 6.45) is 6.34. The molecule has 5 nitrogen and oxygen atoms in total. The number of carbonyl (C=O) groups is 1. The molecular weight excluding hydrogens is 404 g/mol. The van der Waals surface area contributed by atoms with Crippen LogP contribution < -0.4 is 4.74 Å². The standard InChI is InChI=1S/C27H34O5/c1-18-15-20(3)26(21(4)16-18)32-24-12-8-11-22-10-7-6-9-19(2)23(31-17-29-5)13-14-30-27(28)25(22)24/h6-8,11-12,15-16,19,23H,9-10,13-14,17H2,1-5H3/b7-6+. The fourth-order valence-electron chi connectivity index (χ4n) is 4.20. The average molecular weight is 439 g/mol. The van der Waals surface area contributed by atoms with Crippen molar-refractivity contribution in [2.75, 3.05) is 20.5 Å². The van der Waals surface area contributed by atoms with Gasteiger partial charge in [0, 0.05) is 13.5 Å². The van der Waals surface area contributed by atoms with Crippen LogP contribution in [0.2, 0.25) is 0 Å². The molecule has 0 saturated heterocycles. The number of rotatable bonds is 5. The molecule has 2 atom stereocenters. The van der Waals surface area contributed by atoms with Gasteiger partial charge < -0.3 is 18.9 Å². The van der Waals surface area contributed by atoms with E-state index in [9.17, 15) is 4.79 Å². The molecule has 3 rings (SSSR count). The summed E-state index contributed by atoms with van der Waals surface area (Å²) in [6.45, 7) is 8.75. The number of esters is 1. The molecule has 2 aromatic carbocycles. The van der Waals surface area contributed by atoms with Crippen LogP contribution in [0.3, 0.4) is 0 Å². The quantitative estimate of drug-likeness (QED) is 0.322. The summed E-state index contributed by atoms with van der Waals surface area (Å²) in [5.41, 5.74) is 4.63. The Hall–Kier alpha value is -2.63. The molecule has 0 N–H and O–H groups in total. The summed E-state index contributed by atoms with van der Waals surface area (Å²) in [7, 11) is 1.61. The van der Waals surface area contributed by atoms with Crippen LogP contribution in [-0.4, -0.2) is 32.6 Å². The first-order valence-electron chi connectivity index (χ1n) is 11.2. The van der Waals surface area contributed by atoms with Gasteiger partial charge >= 0.3 is 5.97 Å². The molecule has 2 aromatic rings. The predicted molar refractivity (Wildman–Crippen MR) is 125 cm³/mol. The molecule has 1 aliphatic rings. The van der Waals surface area contributed by atoms with Crippen LogP contribution in [-0.2, 0) is 20.6 Å². The zero-order chi connectivity index (χ0) is 23.1. The maximum Gasteiger partial charge on any atom is 0.342 e. The maximum atomic E-state index is 13.2. The van der Waals surface area contributed by atoms with Crippen molar-refractivity contribution >= 4 is 5.97 Å². The van der Waals surface area contributed by atoms with E-state index in [0.717, 1.165) is 28.9 Å². The first-order valence-corrected chi connectivity index (χ1v) is 11.2. The maximum absolute atomic E-state index is 13.2. The minimum atomic E-state index is -0.370. The first-order chi connectivity index (χ1) is 15.4. The Balaban J connectivity index is 1.91. The van der Waals surface area contributed by atoms with Gasteiger partial charge in [0.2, 0.25) is 0 Å². The van der Waals surface area contributed by atoms with Crippen LogP contribution >= 0.6 is 0 Å². The van der Waals surface area contributed by atoms with Crippen molar-refractivity contribution in [1.82, 2.24) is 0 Å². The van der Waals surface area contributed by atoms with E-state index < -0.39 is 0 Å². The van der Waals surface area contributed by atoms with Crippen LogP contribution in [0, 0.1) is 26.7 Å². The average Bonchev–Trinajstić information content (AvgIpc) is 2.75. The third-order valence-electron chi connectivity index (χ3n) is 5.82. The summed E-state index contributed by atoms with van der Waals surface area (Å²) in [6, 6.07) is 9.89. The van der Waals surface area contributed by atoms with Gasteiger partial charge in [-0.15, -0.1) is 0 Å². The molecule has 0 bridgehead atoms. The van der Waals surface area contributed by atoms with Crippen molar-refractivity contribution in [2.24, 2.45) is 5.92 Å². The van der Waals surface area contributed by atoms with Crippen LogP contribution in [0.15, 0.2) is 42.5 Å². The number of carbonyl (C=O) groups excluding carboxylic acids is 1. The number of benzene rings is 2.